The number of aryl methyl sites for hydroxylation is 3. The predicted octanol–water partition coefficient (Wildman–Crippen LogP) is 5.82. The molecule has 0 amide bonds. The van der Waals surface area contributed by atoms with Crippen molar-refractivity contribution in [3.05, 3.63) is 58.4 Å². The summed E-state index contributed by atoms with van der Waals surface area (Å²) in [6.07, 6.45) is -2.53. The smallest absolute Gasteiger partial charge is 0.417 e. The third kappa shape index (κ3) is 9.03. The Morgan fingerprint density at radius 3 is 2.56 bits per heavy atom. The highest BCUT2D eigenvalue weighted by Gasteiger charge is 2.32. The van der Waals surface area contributed by atoms with Gasteiger partial charge < -0.3 is 24.1 Å². The van der Waals surface area contributed by atoms with Crippen LogP contribution in [0.4, 0.5) is 13.2 Å². The maximum Gasteiger partial charge on any atom is 0.417 e. The molecule has 0 radical (unpaired) electrons. The summed E-state index contributed by atoms with van der Waals surface area (Å²) in [7, 11) is 1.55. The second kappa shape index (κ2) is 14.0. The van der Waals surface area contributed by atoms with Gasteiger partial charge in [-0.3, -0.25) is 9.48 Å². The van der Waals surface area contributed by atoms with Gasteiger partial charge in [-0.15, -0.1) is 5.10 Å². The van der Waals surface area contributed by atoms with E-state index in [1.807, 2.05) is 6.92 Å². The number of alkyl halides is 3. The number of pyridine rings is 1. The number of aromatic nitrogens is 3. The van der Waals surface area contributed by atoms with E-state index in [2.05, 4.69) is 10.1 Å². The number of methoxy groups -OCH3 is 1. The Morgan fingerprint density at radius 1 is 1.10 bits per heavy atom. The molecule has 0 bridgehead atoms. The zero-order valence-corrected chi connectivity index (χ0v) is 22.2. The third-order valence-corrected chi connectivity index (χ3v) is 5.78. The van der Waals surface area contributed by atoms with Crippen LogP contribution in [0.25, 0.3) is 0 Å². The van der Waals surface area contributed by atoms with Gasteiger partial charge in [0.25, 0.3) is 0 Å². The number of carboxylic acids is 1. The zero-order valence-electron chi connectivity index (χ0n) is 21.5. The maximum absolute atomic E-state index is 13.0. The number of rotatable bonds is 15. The van der Waals surface area contributed by atoms with E-state index in [1.54, 1.807) is 36.1 Å². The van der Waals surface area contributed by atoms with Crippen LogP contribution in [0.5, 0.6) is 23.3 Å². The fourth-order valence-corrected chi connectivity index (χ4v) is 3.78. The van der Waals surface area contributed by atoms with E-state index in [-0.39, 0.29) is 17.3 Å². The first-order valence-electron chi connectivity index (χ1n) is 12.2. The van der Waals surface area contributed by atoms with Gasteiger partial charge >= 0.3 is 12.1 Å². The fraction of sp³-hybridized carbons (Fsp3) is 0.423. The molecule has 3 rings (SSSR count). The van der Waals surface area contributed by atoms with Crippen LogP contribution >= 0.6 is 11.6 Å². The second-order valence-corrected chi connectivity index (χ2v) is 8.76. The second-order valence-electron chi connectivity index (χ2n) is 8.36. The Balaban J connectivity index is 1.69. The standard InChI is InChI=1S/C26H29ClF3N3O6/c1-3-33-19(7-9-24(34)35)14-23(32-33)38-10-4-5-17-6-8-20(37-12-11-36-2)15-22(17)39-25-21(27)13-18(16-31-25)26(28,29)30/h6,8,13-16H,3-5,7,9-12H2,1-2H3,(H,34,35). The molecule has 1 N–H and O–H groups in total. The fourth-order valence-electron chi connectivity index (χ4n) is 3.58. The Morgan fingerprint density at radius 2 is 1.90 bits per heavy atom. The lowest BCUT2D eigenvalue weighted by atomic mass is 10.1. The molecule has 0 spiro atoms. The SMILES string of the molecule is CCn1nc(OCCCc2ccc(OCCOC)cc2Oc2ncc(C(F)(F)F)cc2Cl)cc1CCC(=O)O. The Bertz CT molecular complexity index is 1250. The van der Waals surface area contributed by atoms with Gasteiger partial charge in [-0.2, -0.15) is 13.2 Å². The molecule has 1 aromatic carbocycles. The molecule has 13 heteroatoms. The highest BCUT2D eigenvalue weighted by molar-refractivity contribution is 6.31. The topological polar surface area (TPSA) is 105 Å². The minimum atomic E-state index is -4.58. The molecule has 0 fully saturated rings. The number of aliphatic carboxylic acids is 1. The summed E-state index contributed by atoms with van der Waals surface area (Å²) in [5, 5.41) is 13.0. The van der Waals surface area contributed by atoms with Crippen molar-refractivity contribution in [1.82, 2.24) is 14.8 Å². The van der Waals surface area contributed by atoms with Crippen molar-refractivity contribution in [2.75, 3.05) is 26.9 Å². The summed E-state index contributed by atoms with van der Waals surface area (Å²) in [5.74, 6) is 0.142. The first-order valence-corrected chi connectivity index (χ1v) is 12.5. The van der Waals surface area contributed by atoms with Gasteiger partial charge in [0.2, 0.25) is 11.8 Å². The summed E-state index contributed by atoms with van der Waals surface area (Å²) in [5.41, 5.74) is 0.526. The minimum Gasteiger partial charge on any atom is -0.491 e. The van der Waals surface area contributed by atoms with Crippen LogP contribution in [-0.4, -0.2) is 52.8 Å². The van der Waals surface area contributed by atoms with Gasteiger partial charge in [0.1, 0.15) is 23.1 Å². The van der Waals surface area contributed by atoms with Crippen LogP contribution in [0, 0.1) is 0 Å². The monoisotopic (exact) mass is 571 g/mol. The van der Waals surface area contributed by atoms with E-state index in [4.69, 9.17) is 35.7 Å². The molecule has 9 nitrogen and oxygen atoms in total. The average molecular weight is 572 g/mol. The Hall–Kier alpha value is -3.51. The molecule has 0 aliphatic carbocycles. The molecule has 0 unspecified atom stereocenters. The summed E-state index contributed by atoms with van der Waals surface area (Å²) in [6, 6.07) is 7.63. The number of benzene rings is 1. The largest absolute Gasteiger partial charge is 0.491 e. The van der Waals surface area contributed by atoms with E-state index in [0.717, 1.165) is 17.3 Å². The lowest BCUT2D eigenvalue weighted by Gasteiger charge is -2.15. The quantitative estimate of drug-likeness (QED) is 0.228. The average Bonchev–Trinajstić information content (AvgIpc) is 3.29. The van der Waals surface area contributed by atoms with Crippen LogP contribution in [0.15, 0.2) is 36.5 Å². The van der Waals surface area contributed by atoms with E-state index in [9.17, 15) is 18.0 Å². The van der Waals surface area contributed by atoms with Crippen molar-refractivity contribution < 1.29 is 42.0 Å². The molecule has 3 aromatic rings. The van der Waals surface area contributed by atoms with Crippen molar-refractivity contribution in [3.63, 3.8) is 0 Å². The first-order chi connectivity index (χ1) is 18.6. The normalized spacial score (nSPS) is 11.4. The molecule has 0 aliphatic heterocycles. The number of hydrogen-bond acceptors (Lipinski definition) is 7. The number of carbonyl (C=O) groups is 1. The Kier molecular flexibility index (Phi) is 10.8. The van der Waals surface area contributed by atoms with Crippen LogP contribution in [-0.2, 0) is 35.1 Å². The molecule has 0 saturated carbocycles. The summed E-state index contributed by atoms with van der Waals surface area (Å²) in [6.45, 7) is 3.46. The van der Waals surface area contributed by atoms with Gasteiger partial charge in [-0.25, -0.2) is 4.98 Å². The number of carboxylic acid groups (broad SMARTS) is 1. The number of ether oxygens (including phenoxy) is 4. The van der Waals surface area contributed by atoms with Crippen molar-refractivity contribution in [3.8, 4) is 23.3 Å². The summed E-state index contributed by atoms with van der Waals surface area (Å²) in [4.78, 5) is 14.6. The van der Waals surface area contributed by atoms with Crippen LogP contribution in [0.1, 0.15) is 36.6 Å². The third-order valence-electron chi connectivity index (χ3n) is 5.51. The first kappa shape index (κ1) is 30.0. The molecule has 0 aliphatic rings. The zero-order chi connectivity index (χ0) is 28.4. The molecular formula is C26H29ClF3N3O6. The van der Waals surface area contributed by atoms with E-state index in [0.29, 0.717) is 69.2 Å². The molecule has 39 heavy (non-hydrogen) atoms. The lowest BCUT2D eigenvalue weighted by molar-refractivity contribution is -0.138. The molecule has 2 heterocycles. The van der Waals surface area contributed by atoms with Crippen LogP contribution in [0.3, 0.4) is 0 Å². The van der Waals surface area contributed by atoms with Gasteiger partial charge in [0, 0.05) is 37.7 Å². The van der Waals surface area contributed by atoms with Crippen molar-refractivity contribution in [1.29, 1.82) is 0 Å². The number of hydrogen-bond donors (Lipinski definition) is 1. The van der Waals surface area contributed by atoms with E-state index >= 15 is 0 Å². The molecule has 0 atom stereocenters. The van der Waals surface area contributed by atoms with Crippen molar-refractivity contribution in [2.45, 2.75) is 45.3 Å². The van der Waals surface area contributed by atoms with Crippen LogP contribution < -0.4 is 14.2 Å². The number of halogens is 4. The summed E-state index contributed by atoms with van der Waals surface area (Å²) >= 11 is 6.04. The van der Waals surface area contributed by atoms with E-state index < -0.39 is 17.7 Å². The van der Waals surface area contributed by atoms with Gasteiger partial charge in [0.05, 0.1) is 25.2 Å². The highest BCUT2D eigenvalue weighted by atomic mass is 35.5. The van der Waals surface area contributed by atoms with Gasteiger partial charge in [-0.05, 0) is 43.9 Å². The van der Waals surface area contributed by atoms with E-state index in [1.165, 1.54) is 0 Å². The van der Waals surface area contributed by atoms with Crippen molar-refractivity contribution in [2.24, 2.45) is 0 Å². The number of nitrogens with zero attached hydrogens (tertiary/aromatic N) is 3. The molecule has 2 aromatic heterocycles. The Labute approximate surface area is 228 Å². The predicted molar refractivity (Wildman–Crippen MR) is 136 cm³/mol. The molecular weight excluding hydrogens is 543 g/mol. The minimum absolute atomic E-state index is 0.00308. The van der Waals surface area contributed by atoms with Gasteiger partial charge in [0.15, 0.2) is 0 Å². The summed E-state index contributed by atoms with van der Waals surface area (Å²) < 4.78 is 62.9. The van der Waals surface area contributed by atoms with Crippen molar-refractivity contribution >= 4 is 17.6 Å². The van der Waals surface area contributed by atoms with Gasteiger partial charge in [-0.1, -0.05) is 17.7 Å². The lowest BCUT2D eigenvalue weighted by Crippen LogP contribution is -2.07. The molecule has 212 valence electrons. The molecule has 0 saturated heterocycles. The van der Waals surface area contributed by atoms with Crippen LogP contribution in [0.2, 0.25) is 5.02 Å². The maximum atomic E-state index is 13.0. The highest BCUT2D eigenvalue weighted by Crippen LogP contribution is 2.36.